The van der Waals surface area contributed by atoms with Crippen molar-refractivity contribution in [1.29, 1.82) is 0 Å². The minimum absolute atomic E-state index is 0.0447. The molecule has 1 aromatic carbocycles. The first-order valence-corrected chi connectivity index (χ1v) is 13.2. The van der Waals surface area contributed by atoms with Gasteiger partial charge in [-0.25, -0.2) is 9.37 Å². The summed E-state index contributed by atoms with van der Waals surface area (Å²) in [7, 11) is 0. The average Bonchev–Trinajstić information content (AvgIpc) is 3.35. The second-order valence-electron chi connectivity index (χ2n) is 8.70. The molecule has 1 aliphatic carbocycles. The molecule has 0 atom stereocenters. The highest BCUT2D eigenvalue weighted by atomic mass is 32.2. The SMILES string of the molecule is O=C(CSCc1nc2sc3c(c2c(=O)[nH]1)CCC3)N1CCC(Cc2cccc(F)c2)CC1. The van der Waals surface area contributed by atoms with Gasteiger partial charge in [-0.05, 0) is 67.7 Å². The molecule has 0 radical (unpaired) electrons. The average molecular weight is 472 g/mol. The molecule has 1 aliphatic heterocycles. The number of aryl methyl sites for hydroxylation is 2. The van der Waals surface area contributed by atoms with Crippen LogP contribution in [0, 0.1) is 11.7 Å². The van der Waals surface area contributed by atoms with Crippen molar-refractivity contribution in [3.8, 4) is 0 Å². The number of amides is 1. The molecule has 168 valence electrons. The fourth-order valence-corrected chi connectivity index (χ4v) is 6.90. The highest BCUT2D eigenvalue weighted by molar-refractivity contribution is 7.99. The lowest BCUT2D eigenvalue weighted by atomic mass is 9.90. The number of nitrogens with one attached hydrogen (secondary N) is 1. The molecule has 5 rings (SSSR count). The van der Waals surface area contributed by atoms with Crippen LogP contribution < -0.4 is 5.56 Å². The summed E-state index contributed by atoms with van der Waals surface area (Å²) >= 11 is 3.14. The Kier molecular flexibility index (Phi) is 6.33. The number of halogens is 1. The van der Waals surface area contributed by atoms with E-state index in [1.54, 1.807) is 23.5 Å². The quantitative estimate of drug-likeness (QED) is 0.581. The van der Waals surface area contributed by atoms with E-state index in [1.165, 1.54) is 28.3 Å². The van der Waals surface area contributed by atoms with Gasteiger partial charge in [0.25, 0.3) is 5.56 Å². The molecule has 1 amide bonds. The molecule has 0 saturated carbocycles. The van der Waals surface area contributed by atoms with E-state index in [0.717, 1.165) is 67.4 Å². The van der Waals surface area contributed by atoms with Gasteiger partial charge in [0.2, 0.25) is 5.91 Å². The second kappa shape index (κ2) is 9.35. The molecule has 32 heavy (non-hydrogen) atoms. The number of fused-ring (bicyclic) bond motifs is 3. The zero-order valence-corrected chi connectivity index (χ0v) is 19.5. The molecule has 1 saturated heterocycles. The first-order valence-electron chi connectivity index (χ1n) is 11.2. The lowest BCUT2D eigenvalue weighted by Gasteiger charge is -2.32. The number of piperidine rings is 1. The number of carbonyl (C=O) groups excluding carboxylic acids is 1. The van der Waals surface area contributed by atoms with Gasteiger partial charge in [0.1, 0.15) is 16.5 Å². The number of thiophene rings is 1. The maximum absolute atomic E-state index is 13.4. The minimum Gasteiger partial charge on any atom is -0.342 e. The number of benzene rings is 1. The Bertz CT molecular complexity index is 1200. The number of aromatic amines is 1. The molecule has 3 heterocycles. The molecule has 0 bridgehead atoms. The Morgan fingerprint density at radius 1 is 1.28 bits per heavy atom. The fraction of sp³-hybridized carbons (Fsp3) is 0.458. The predicted molar refractivity (Wildman–Crippen MR) is 128 cm³/mol. The van der Waals surface area contributed by atoms with E-state index < -0.39 is 0 Å². The summed E-state index contributed by atoms with van der Waals surface area (Å²) in [5.41, 5.74) is 2.17. The van der Waals surface area contributed by atoms with Crippen molar-refractivity contribution < 1.29 is 9.18 Å². The van der Waals surface area contributed by atoms with E-state index in [1.807, 2.05) is 11.0 Å². The number of hydrogen-bond donors (Lipinski definition) is 1. The largest absolute Gasteiger partial charge is 0.342 e. The number of aromatic nitrogens is 2. The third-order valence-corrected chi connectivity index (χ3v) is 8.58. The van der Waals surface area contributed by atoms with Gasteiger partial charge in [-0.2, -0.15) is 0 Å². The topological polar surface area (TPSA) is 66.1 Å². The monoisotopic (exact) mass is 471 g/mol. The zero-order valence-electron chi connectivity index (χ0n) is 17.9. The van der Waals surface area contributed by atoms with E-state index in [-0.39, 0.29) is 17.3 Å². The summed E-state index contributed by atoms with van der Waals surface area (Å²) < 4.78 is 13.4. The van der Waals surface area contributed by atoms with E-state index in [4.69, 9.17) is 0 Å². The minimum atomic E-state index is -0.190. The lowest BCUT2D eigenvalue weighted by Crippen LogP contribution is -2.39. The summed E-state index contributed by atoms with van der Waals surface area (Å²) in [6.07, 6.45) is 5.90. The molecule has 1 fully saturated rings. The number of thioether (sulfide) groups is 1. The van der Waals surface area contributed by atoms with E-state index in [9.17, 15) is 14.0 Å². The standard InChI is InChI=1S/C24H26FN3O2S2/c25-17-4-1-3-16(12-17)11-15-7-9-28(10-8-15)21(29)14-31-13-20-26-23(30)22-18-5-2-6-19(18)32-24(22)27-20/h1,3-4,12,15H,2,5-11,13-14H2,(H,26,27,30). The molecular formula is C24H26FN3O2S2. The van der Waals surface area contributed by atoms with Crippen LogP contribution in [0.4, 0.5) is 4.39 Å². The van der Waals surface area contributed by atoms with Crippen LogP contribution in [0.5, 0.6) is 0 Å². The molecular weight excluding hydrogens is 445 g/mol. The van der Waals surface area contributed by atoms with E-state index in [2.05, 4.69) is 9.97 Å². The highest BCUT2D eigenvalue weighted by Gasteiger charge is 2.24. The molecule has 2 aromatic heterocycles. The van der Waals surface area contributed by atoms with Gasteiger partial charge in [0.05, 0.1) is 16.9 Å². The van der Waals surface area contributed by atoms with E-state index in [0.29, 0.717) is 23.2 Å². The van der Waals surface area contributed by atoms with Crippen molar-refractivity contribution in [1.82, 2.24) is 14.9 Å². The first-order chi connectivity index (χ1) is 15.6. The van der Waals surface area contributed by atoms with Crippen molar-refractivity contribution in [2.45, 2.75) is 44.3 Å². The van der Waals surface area contributed by atoms with Gasteiger partial charge in [-0.3, -0.25) is 9.59 Å². The summed E-state index contributed by atoms with van der Waals surface area (Å²) in [5, 5.41) is 0.772. The van der Waals surface area contributed by atoms with Crippen LogP contribution in [0.15, 0.2) is 29.1 Å². The van der Waals surface area contributed by atoms with Crippen LogP contribution in [-0.2, 0) is 29.8 Å². The Labute approximate surface area is 194 Å². The van der Waals surface area contributed by atoms with Crippen molar-refractivity contribution in [2.75, 3.05) is 18.8 Å². The van der Waals surface area contributed by atoms with Crippen LogP contribution in [0.1, 0.15) is 41.1 Å². The van der Waals surface area contributed by atoms with Crippen LogP contribution in [0.25, 0.3) is 10.2 Å². The van der Waals surface area contributed by atoms with Crippen LogP contribution >= 0.6 is 23.1 Å². The van der Waals surface area contributed by atoms with Crippen molar-refractivity contribution >= 4 is 39.2 Å². The third kappa shape index (κ3) is 4.62. The van der Waals surface area contributed by atoms with Gasteiger partial charge >= 0.3 is 0 Å². The van der Waals surface area contributed by atoms with Gasteiger partial charge in [-0.1, -0.05) is 12.1 Å². The van der Waals surface area contributed by atoms with E-state index >= 15 is 0 Å². The number of carbonyl (C=O) groups is 1. The molecule has 8 heteroatoms. The lowest BCUT2D eigenvalue weighted by molar-refractivity contribution is -0.129. The van der Waals surface area contributed by atoms with Crippen molar-refractivity contribution in [3.05, 3.63) is 62.3 Å². The number of likely N-dealkylation sites (tertiary alicyclic amines) is 1. The number of rotatable bonds is 6. The van der Waals surface area contributed by atoms with Crippen LogP contribution in [0.2, 0.25) is 0 Å². The van der Waals surface area contributed by atoms with Crippen LogP contribution in [0.3, 0.4) is 0 Å². The van der Waals surface area contributed by atoms with Crippen molar-refractivity contribution in [3.63, 3.8) is 0 Å². The molecule has 5 nitrogen and oxygen atoms in total. The maximum atomic E-state index is 13.4. The molecule has 0 unspecified atom stereocenters. The molecule has 3 aromatic rings. The zero-order chi connectivity index (χ0) is 22.1. The van der Waals surface area contributed by atoms with Gasteiger partial charge < -0.3 is 9.88 Å². The number of nitrogens with zero attached hydrogens (tertiary/aromatic N) is 2. The van der Waals surface area contributed by atoms with Gasteiger partial charge in [0.15, 0.2) is 0 Å². The Hall–Kier alpha value is -2.19. The number of H-pyrrole nitrogens is 1. The maximum Gasteiger partial charge on any atom is 0.259 e. The normalized spacial score (nSPS) is 16.6. The Morgan fingerprint density at radius 2 is 2.12 bits per heavy atom. The first kappa shape index (κ1) is 21.6. The molecule has 2 aliphatic rings. The van der Waals surface area contributed by atoms with Gasteiger partial charge in [0, 0.05) is 18.0 Å². The number of hydrogen-bond acceptors (Lipinski definition) is 5. The highest BCUT2D eigenvalue weighted by Crippen LogP contribution is 2.34. The van der Waals surface area contributed by atoms with Gasteiger partial charge in [-0.15, -0.1) is 23.1 Å². The smallest absolute Gasteiger partial charge is 0.259 e. The Balaban J connectivity index is 1.11. The summed E-state index contributed by atoms with van der Waals surface area (Å²) in [4.78, 5) is 36.8. The Morgan fingerprint density at radius 3 is 2.94 bits per heavy atom. The summed E-state index contributed by atoms with van der Waals surface area (Å²) in [6, 6.07) is 6.80. The summed E-state index contributed by atoms with van der Waals surface area (Å²) in [6.45, 7) is 1.50. The summed E-state index contributed by atoms with van der Waals surface area (Å²) in [5.74, 6) is 1.99. The fourth-order valence-electron chi connectivity index (χ4n) is 4.83. The molecule has 1 N–H and O–H groups in total. The van der Waals surface area contributed by atoms with Crippen molar-refractivity contribution in [2.24, 2.45) is 5.92 Å². The van der Waals surface area contributed by atoms with Crippen LogP contribution in [-0.4, -0.2) is 39.6 Å². The molecule has 0 spiro atoms. The second-order valence-corrected chi connectivity index (χ2v) is 10.8. The predicted octanol–water partition coefficient (Wildman–Crippen LogP) is 4.33. The third-order valence-electron chi connectivity index (χ3n) is 6.47.